The molecule has 2 N–H and O–H groups in total. The summed E-state index contributed by atoms with van der Waals surface area (Å²) in [5, 5.41) is 20.0. The number of hydrogen-bond acceptors (Lipinski definition) is 6. The van der Waals surface area contributed by atoms with E-state index in [9.17, 15) is 14.7 Å². The first-order chi connectivity index (χ1) is 18.0. The molecule has 1 aromatic heterocycles. The summed E-state index contributed by atoms with van der Waals surface area (Å²) in [6.07, 6.45) is 3.72. The number of morpholine rings is 1. The van der Waals surface area contributed by atoms with Crippen molar-refractivity contribution in [1.82, 2.24) is 20.0 Å². The number of amides is 1. The molecule has 1 amide bonds. The van der Waals surface area contributed by atoms with Gasteiger partial charge in [-0.2, -0.15) is 5.10 Å². The minimum absolute atomic E-state index is 0.000471. The van der Waals surface area contributed by atoms with E-state index in [0.29, 0.717) is 42.5 Å². The molecule has 0 spiro atoms. The first-order valence-electron chi connectivity index (χ1n) is 13.4. The van der Waals surface area contributed by atoms with Crippen molar-refractivity contribution in [2.45, 2.75) is 69.8 Å². The van der Waals surface area contributed by atoms with Gasteiger partial charge in [-0.1, -0.05) is 31.2 Å². The standard InChI is InChI=1S/C29H34N4O4/c1-2-27-26-13-20(28(35)33-22-8-9-23(33)17-37-16-22)7-10-25(26)29(36)32(31-27)15-24(34)14-30-21-11-18-5-3-4-6-19(18)12-21/h3-7,10,13,21-24,30,34H,2,8-9,11-12,14-17H2,1H3. The summed E-state index contributed by atoms with van der Waals surface area (Å²) >= 11 is 0. The molecular weight excluding hydrogens is 468 g/mol. The van der Waals surface area contributed by atoms with Crippen LogP contribution in [-0.2, 0) is 30.5 Å². The van der Waals surface area contributed by atoms with E-state index in [1.54, 1.807) is 12.1 Å². The third-order valence-electron chi connectivity index (χ3n) is 8.17. The highest BCUT2D eigenvalue weighted by molar-refractivity contribution is 5.99. The summed E-state index contributed by atoms with van der Waals surface area (Å²) in [4.78, 5) is 28.6. The third-order valence-corrected chi connectivity index (χ3v) is 8.17. The highest BCUT2D eigenvalue weighted by Crippen LogP contribution is 2.31. The number of nitrogens with one attached hydrogen (secondary N) is 1. The minimum Gasteiger partial charge on any atom is -0.390 e. The second-order valence-electron chi connectivity index (χ2n) is 10.6. The second-order valence-corrected chi connectivity index (χ2v) is 10.6. The van der Waals surface area contributed by atoms with Crippen LogP contribution in [0.15, 0.2) is 47.3 Å². The number of aryl methyl sites for hydroxylation is 1. The van der Waals surface area contributed by atoms with Gasteiger partial charge in [0.2, 0.25) is 0 Å². The van der Waals surface area contributed by atoms with Crippen LogP contribution >= 0.6 is 0 Å². The van der Waals surface area contributed by atoms with E-state index in [2.05, 4.69) is 34.7 Å². The van der Waals surface area contributed by atoms with Gasteiger partial charge in [0.25, 0.3) is 11.5 Å². The summed E-state index contributed by atoms with van der Waals surface area (Å²) < 4.78 is 7.00. The molecule has 3 atom stereocenters. The summed E-state index contributed by atoms with van der Waals surface area (Å²) in [5.74, 6) is -0.000471. The third kappa shape index (κ3) is 4.58. The molecule has 8 nitrogen and oxygen atoms in total. The molecule has 3 aliphatic rings. The van der Waals surface area contributed by atoms with Gasteiger partial charge >= 0.3 is 0 Å². The number of fused-ring (bicyclic) bond motifs is 4. The Kier molecular flexibility index (Phi) is 6.56. The number of rotatable bonds is 7. The zero-order chi connectivity index (χ0) is 25.5. The van der Waals surface area contributed by atoms with E-state index >= 15 is 0 Å². The fraction of sp³-hybridized carbons (Fsp3) is 0.483. The van der Waals surface area contributed by atoms with Crippen molar-refractivity contribution in [2.24, 2.45) is 0 Å². The number of hydrogen-bond donors (Lipinski definition) is 2. The Morgan fingerprint density at radius 1 is 1.11 bits per heavy atom. The molecular formula is C29H34N4O4. The van der Waals surface area contributed by atoms with Crippen molar-refractivity contribution in [1.29, 1.82) is 0 Å². The molecule has 8 heteroatoms. The monoisotopic (exact) mass is 502 g/mol. The quantitative estimate of drug-likeness (QED) is 0.514. The van der Waals surface area contributed by atoms with Gasteiger partial charge in [0.05, 0.1) is 49.0 Å². The minimum atomic E-state index is -0.742. The van der Waals surface area contributed by atoms with Crippen molar-refractivity contribution in [3.8, 4) is 0 Å². The van der Waals surface area contributed by atoms with Gasteiger partial charge < -0.3 is 20.1 Å². The van der Waals surface area contributed by atoms with Gasteiger partial charge in [0.1, 0.15) is 0 Å². The fourth-order valence-corrected chi connectivity index (χ4v) is 6.25. The van der Waals surface area contributed by atoms with Crippen LogP contribution in [0.2, 0.25) is 0 Å². The number of aromatic nitrogens is 2. The predicted molar refractivity (Wildman–Crippen MR) is 141 cm³/mol. The summed E-state index contributed by atoms with van der Waals surface area (Å²) in [5.41, 5.74) is 3.80. The molecule has 3 heterocycles. The average molecular weight is 503 g/mol. The zero-order valence-electron chi connectivity index (χ0n) is 21.2. The van der Waals surface area contributed by atoms with E-state index < -0.39 is 6.10 Å². The van der Waals surface area contributed by atoms with E-state index in [1.807, 2.05) is 17.9 Å². The van der Waals surface area contributed by atoms with Crippen molar-refractivity contribution in [3.63, 3.8) is 0 Å². The molecule has 2 aliphatic heterocycles. The number of ether oxygens (including phenoxy) is 1. The highest BCUT2D eigenvalue weighted by Gasteiger charge is 2.40. The van der Waals surface area contributed by atoms with Crippen LogP contribution in [0.1, 0.15) is 46.9 Å². The predicted octanol–water partition coefficient (Wildman–Crippen LogP) is 2.08. The van der Waals surface area contributed by atoms with E-state index in [4.69, 9.17) is 4.74 Å². The molecule has 0 saturated carbocycles. The Morgan fingerprint density at radius 3 is 2.49 bits per heavy atom. The lowest BCUT2D eigenvalue weighted by molar-refractivity contribution is -0.00714. The Balaban J connectivity index is 1.18. The van der Waals surface area contributed by atoms with Gasteiger partial charge in [-0.05, 0) is 61.4 Å². The number of benzene rings is 2. The molecule has 3 aromatic rings. The highest BCUT2D eigenvalue weighted by atomic mass is 16.5. The van der Waals surface area contributed by atoms with E-state index in [-0.39, 0.29) is 36.1 Å². The lowest BCUT2D eigenvalue weighted by Crippen LogP contribution is -2.49. The lowest BCUT2D eigenvalue weighted by Gasteiger charge is -2.34. The van der Waals surface area contributed by atoms with Crippen LogP contribution < -0.4 is 10.9 Å². The Hall–Kier alpha value is -3.07. The van der Waals surface area contributed by atoms with Crippen LogP contribution in [0, 0.1) is 0 Å². The maximum atomic E-state index is 13.4. The number of carbonyl (C=O) groups excluding carboxylic acids is 1. The van der Waals surface area contributed by atoms with Crippen LogP contribution in [0.3, 0.4) is 0 Å². The van der Waals surface area contributed by atoms with Crippen molar-refractivity contribution in [2.75, 3.05) is 19.8 Å². The second kappa shape index (κ2) is 10.0. The van der Waals surface area contributed by atoms with E-state index in [0.717, 1.165) is 31.4 Å². The lowest BCUT2D eigenvalue weighted by atomic mass is 10.0. The maximum absolute atomic E-state index is 13.4. The van der Waals surface area contributed by atoms with Gasteiger partial charge in [0.15, 0.2) is 0 Å². The maximum Gasteiger partial charge on any atom is 0.274 e. The van der Waals surface area contributed by atoms with Gasteiger partial charge in [-0.3, -0.25) is 9.59 Å². The molecule has 194 valence electrons. The summed E-state index contributed by atoms with van der Waals surface area (Å²) in [6.45, 7) is 3.68. The number of aliphatic hydroxyl groups is 1. The normalized spacial score (nSPS) is 21.9. The van der Waals surface area contributed by atoms with E-state index in [1.165, 1.54) is 15.8 Å². The molecule has 2 aromatic carbocycles. The largest absolute Gasteiger partial charge is 0.390 e. The average Bonchev–Trinajstić information content (AvgIpc) is 3.45. The molecule has 3 unspecified atom stereocenters. The Morgan fingerprint density at radius 2 is 1.81 bits per heavy atom. The topological polar surface area (TPSA) is 96.7 Å². The first-order valence-corrected chi connectivity index (χ1v) is 13.4. The summed E-state index contributed by atoms with van der Waals surface area (Å²) in [6, 6.07) is 14.3. The SMILES string of the molecule is CCc1nn(CC(O)CNC2Cc3ccccc3C2)c(=O)c2ccc(C(=O)N3C4CCC3COC4)cc12. The van der Waals surface area contributed by atoms with Crippen LogP contribution in [0.25, 0.3) is 10.8 Å². The van der Waals surface area contributed by atoms with Gasteiger partial charge in [0, 0.05) is 23.5 Å². The number of nitrogens with zero attached hydrogens (tertiary/aromatic N) is 3. The van der Waals surface area contributed by atoms with Crippen molar-refractivity contribution in [3.05, 3.63) is 75.2 Å². The van der Waals surface area contributed by atoms with Crippen LogP contribution in [0.4, 0.5) is 0 Å². The molecule has 6 rings (SSSR count). The Labute approximate surface area is 216 Å². The smallest absolute Gasteiger partial charge is 0.274 e. The Bertz CT molecular complexity index is 1350. The number of carbonyl (C=O) groups is 1. The summed E-state index contributed by atoms with van der Waals surface area (Å²) in [7, 11) is 0. The molecule has 37 heavy (non-hydrogen) atoms. The van der Waals surface area contributed by atoms with Crippen molar-refractivity contribution < 1.29 is 14.6 Å². The molecule has 1 aliphatic carbocycles. The van der Waals surface area contributed by atoms with Crippen LogP contribution in [-0.4, -0.2) is 69.7 Å². The molecule has 0 radical (unpaired) electrons. The molecule has 2 saturated heterocycles. The van der Waals surface area contributed by atoms with Gasteiger partial charge in [-0.25, -0.2) is 4.68 Å². The zero-order valence-corrected chi connectivity index (χ0v) is 21.2. The van der Waals surface area contributed by atoms with Gasteiger partial charge in [-0.15, -0.1) is 0 Å². The molecule has 2 fully saturated rings. The number of aliphatic hydroxyl groups excluding tert-OH is 1. The molecule has 2 bridgehead atoms. The van der Waals surface area contributed by atoms with Crippen LogP contribution in [0.5, 0.6) is 0 Å². The fourth-order valence-electron chi connectivity index (χ4n) is 6.25. The first kappa shape index (κ1) is 24.3. The van der Waals surface area contributed by atoms with Crippen molar-refractivity contribution >= 4 is 16.7 Å².